The van der Waals surface area contributed by atoms with E-state index in [-0.39, 0.29) is 6.42 Å². The standard InChI is InChI=1S/C10H15N5O3S/c1-14(2)19(17,18)15-8-4-3-6(9(11)16)5-7(8)13-10(15)12/h4-5,10H,3,12H2,1-2H3,(H2,11,16). The van der Waals surface area contributed by atoms with Crippen LogP contribution in [-0.4, -0.2) is 49.0 Å². The minimum absolute atomic E-state index is 0.260. The number of hydrogen-bond donors (Lipinski definition) is 2. The molecule has 2 aliphatic rings. The summed E-state index contributed by atoms with van der Waals surface area (Å²) in [5.74, 6) is -0.555. The molecule has 1 amide bonds. The zero-order valence-corrected chi connectivity index (χ0v) is 11.4. The molecule has 1 unspecified atom stereocenters. The Morgan fingerprint density at radius 2 is 2.16 bits per heavy atom. The molecule has 1 heterocycles. The summed E-state index contributed by atoms with van der Waals surface area (Å²) in [6.07, 6.45) is 2.29. The van der Waals surface area contributed by atoms with E-state index in [1.807, 2.05) is 0 Å². The summed E-state index contributed by atoms with van der Waals surface area (Å²) in [6, 6.07) is 0. The number of fused-ring (bicyclic) bond motifs is 1. The number of nitrogens with two attached hydrogens (primary N) is 2. The first-order chi connectivity index (χ1) is 8.75. The van der Waals surface area contributed by atoms with E-state index >= 15 is 0 Å². The van der Waals surface area contributed by atoms with Gasteiger partial charge < -0.3 is 5.73 Å². The summed E-state index contributed by atoms with van der Waals surface area (Å²) >= 11 is 0. The molecular formula is C10H15N5O3S. The highest BCUT2D eigenvalue weighted by Gasteiger charge is 2.39. The van der Waals surface area contributed by atoms with Gasteiger partial charge in [-0.2, -0.15) is 12.7 Å². The van der Waals surface area contributed by atoms with Crippen molar-refractivity contribution in [1.82, 2.24) is 8.61 Å². The van der Waals surface area contributed by atoms with Gasteiger partial charge in [-0.1, -0.05) is 6.08 Å². The summed E-state index contributed by atoms with van der Waals surface area (Å²) < 4.78 is 26.4. The Balaban J connectivity index is 2.41. The molecule has 1 aliphatic carbocycles. The Morgan fingerprint density at radius 1 is 1.53 bits per heavy atom. The molecule has 9 heteroatoms. The smallest absolute Gasteiger partial charge is 0.306 e. The van der Waals surface area contributed by atoms with Crippen LogP contribution in [0.5, 0.6) is 0 Å². The minimum atomic E-state index is -3.72. The van der Waals surface area contributed by atoms with Crippen LogP contribution < -0.4 is 11.5 Å². The number of aliphatic imine (C=N–C) groups is 1. The topological polar surface area (TPSA) is 122 Å². The molecule has 1 atom stereocenters. The maximum Gasteiger partial charge on any atom is 0.306 e. The number of primary amides is 1. The van der Waals surface area contributed by atoms with Gasteiger partial charge in [-0.3, -0.25) is 10.5 Å². The molecule has 8 nitrogen and oxygen atoms in total. The Morgan fingerprint density at radius 3 is 2.68 bits per heavy atom. The predicted molar refractivity (Wildman–Crippen MR) is 69.8 cm³/mol. The highest BCUT2D eigenvalue weighted by molar-refractivity contribution is 7.86. The third-order valence-electron chi connectivity index (χ3n) is 2.86. The summed E-state index contributed by atoms with van der Waals surface area (Å²) in [4.78, 5) is 15.1. The van der Waals surface area contributed by atoms with Crippen molar-refractivity contribution in [2.45, 2.75) is 12.7 Å². The van der Waals surface area contributed by atoms with Crippen LogP contribution in [0.1, 0.15) is 6.42 Å². The molecule has 104 valence electrons. The summed E-state index contributed by atoms with van der Waals surface area (Å²) in [7, 11) is -0.899. The number of rotatable bonds is 3. The van der Waals surface area contributed by atoms with Crippen molar-refractivity contribution in [3.8, 4) is 0 Å². The van der Waals surface area contributed by atoms with Crippen LogP contribution in [0, 0.1) is 0 Å². The molecule has 0 radical (unpaired) electrons. The van der Waals surface area contributed by atoms with Crippen LogP contribution in [0.15, 0.2) is 28.4 Å². The molecule has 0 fully saturated rings. The minimum Gasteiger partial charge on any atom is -0.366 e. The third kappa shape index (κ3) is 2.15. The van der Waals surface area contributed by atoms with Crippen molar-refractivity contribution >= 4 is 21.8 Å². The van der Waals surface area contributed by atoms with Gasteiger partial charge in [0.15, 0.2) is 6.29 Å². The Bertz CT molecular complexity index is 617. The highest BCUT2D eigenvalue weighted by Crippen LogP contribution is 2.28. The predicted octanol–water partition coefficient (Wildman–Crippen LogP) is -1.51. The van der Waals surface area contributed by atoms with Crippen LogP contribution >= 0.6 is 0 Å². The summed E-state index contributed by atoms with van der Waals surface area (Å²) in [5, 5.41) is 0. The molecule has 0 spiro atoms. The van der Waals surface area contributed by atoms with E-state index in [1.54, 1.807) is 6.08 Å². The maximum atomic E-state index is 12.2. The fourth-order valence-electron chi connectivity index (χ4n) is 1.86. The first kappa shape index (κ1) is 13.7. The summed E-state index contributed by atoms with van der Waals surface area (Å²) in [6.45, 7) is 0. The number of allylic oxidation sites excluding steroid dienone is 2. The van der Waals surface area contributed by atoms with Gasteiger partial charge in [0.1, 0.15) is 0 Å². The number of carbonyl (C=O) groups excluding carboxylic acids is 1. The molecule has 1 aliphatic heterocycles. The van der Waals surface area contributed by atoms with Gasteiger partial charge in [0.2, 0.25) is 5.91 Å². The molecule has 0 aromatic rings. The molecular weight excluding hydrogens is 270 g/mol. The van der Waals surface area contributed by atoms with Crippen molar-refractivity contribution in [1.29, 1.82) is 0 Å². The van der Waals surface area contributed by atoms with Crippen LogP contribution in [0.25, 0.3) is 0 Å². The molecule has 2 rings (SSSR count). The Hall–Kier alpha value is -1.71. The summed E-state index contributed by atoms with van der Waals surface area (Å²) in [5.41, 5.74) is 12.0. The molecule has 0 saturated heterocycles. The fourth-order valence-corrected chi connectivity index (χ4v) is 2.95. The van der Waals surface area contributed by atoms with E-state index in [0.29, 0.717) is 17.0 Å². The van der Waals surface area contributed by atoms with E-state index < -0.39 is 22.4 Å². The van der Waals surface area contributed by atoms with Gasteiger partial charge in [0.05, 0.1) is 11.4 Å². The van der Waals surface area contributed by atoms with Crippen molar-refractivity contribution in [3.05, 3.63) is 23.4 Å². The SMILES string of the molecule is CN(C)S(=O)(=O)N1C2=CCC(C(N)=O)=CC2=NC1N. The average Bonchev–Trinajstić information content (AvgIpc) is 2.63. The van der Waals surface area contributed by atoms with Crippen molar-refractivity contribution in [2.24, 2.45) is 16.5 Å². The van der Waals surface area contributed by atoms with Crippen LogP contribution in [0.4, 0.5) is 0 Å². The second kappa shape index (κ2) is 4.44. The Labute approximate surface area is 111 Å². The monoisotopic (exact) mass is 285 g/mol. The quantitative estimate of drug-likeness (QED) is 0.654. The van der Waals surface area contributed by atoms with Crippen molar-refractivity contribution < 1.29 is 13.2 Å². The van der Waals surface area contributed by atoms with E-state index in [2.05, 4.69) is 4.99 Å². The number of nitrogens with zero attached hydrogens (tertiary/aromatic N) is 3. The number of amides is 1. The lowest BCUT2D eigenvalue weighted by Crippen LogP contribution is -2.46. The third-order valence-corrected chi connectivity index (χ3v) is 4.70. The number of hydrogen-bond acceptors (Lipinski definition) is 5. The average molecular weight is 285 g/mol. The zero-order valence-electron chi connectivity index (χ0n) is 10.6. The zero-order chi connectivity index (χ0) is 14.4. The van der Waals surface area contributed by atoms with Crippen molar-refractivity contribution in [2.75, 3.05) is 14.1 Å². The first-order valence-corrected chi connectivity index (χ1v) is 6.91. The van der Waals surface area contributed by atoms with E-state index in [1.165, 1.54) is 20.2 Å². The maximum absolute atomic E-state index is 12.2. The fraction of sp³-hybridized carbons (Fsp3) is 0.400. The van der Waals surface area contributed by atoms with Crippen LogP contribution in [-0.2, 0) is 15.0 Å². The Kier molecular flexibility index (Phi) is 3.20. The number of carbonyl (C=O) groups is 1. The normalized spacial score (nSPS) is 22.8. The van der Waals surface area contributed by atoms with Gasteiger partial charge in [0, 0.05) is 19.7 Å². The largest absolute Gasteiger partial charge is 0.366 e. The van der Waals surface area contributed by atoms with Crippen molar-refractivity contribution in [3.63, 3.8) is 0 Å². The van der Waals surface area contributed by atoms with E-state index in [9.17, 15) is 13.2 Å². The van der Waals surface area contributed by atoms with Gasteiger partial charge in [-0.05, 0) is 12.5 Å². The molecule has 0 saturated carbocycles. The van der Waals surface area contributed by atoms with Gasteiger partial charge in [0.25, 0.3) is 0 Å². The lowest BCUT2D eigenvalue weighted by molar-refractivity contribution is -0.114. The van der Waals surface area contributed by atoms with E-state index in [0.717, 1.165) is 8.61 Å². The van der Waals surface area contributed by atoms with Crippen LogP contribution in [0.2, 0.25) is 0 Å². The van der Waals surface area contributed by atoms with Gasteiger partial charge in [-0.15, -0.1) is 0 Å². The molecule has 0 bridgehead atoms. The first-order valence-electron chi connectivity index (χ1n) is 5.51. The highest BCUT2D eigenvalue weighted by atomic mass is 32.2. The second-order valence-corrected chi connectivity index (χ2v) is 6.36. The second-order valence-electron chi connectivity index (χ2n) is 4.34. The lowest BCUT2D eigenvalue weighted by atomic mass is 10.0. The molecule has 0 aromatic heterocycles. The molecule has 19 heavy (non-hydrogen) atoms. The van der Waals surface area contributed by atoms with Crippen LogP contribution in [0.3, 0.4) is 0 Å². The van der Waals surface area contributed by atoms with Gasteiger partial charge >= 0.3 is 10.2 Å². The molecule has 0 aromatic carbocycles. The molecule has 4 N–H and O–H groups in total. The van der Waals surface area contributed by atoms with E-state index in [4.69, 9.17) is 11.5 Å². The van der Waals surface area contributed by atoms with Gasteiger partial charge in [-0.25, -0.2) is 9.30 Å². The lowest BCUT2D eigenvalue weighted by Gasteiger charge is -2.27.